The van der Waals surface area contributed by atoms with Gasteiger partial charge >= 0.3 is 0 Å². The van der Waals surface area contributed by atoms with Crippen molar-refractivity contribution >= 4 is 23.4 Å². The summed E-state index contributed by atoms with van der Waals surface area (Å²) in [6.45, 7) is 0. The van der Waals surface area contributed by atoms with Crippen LogP contribution in [0.15, 0.2) is 11.3 Å². The lowest BCUT2D eigenvalue weighted by molar-refractivity contribution is -0.114. The van der Waals surface area contributed by atoms with Crippen molar-refractivity contribution in [2.45, 2.75) is 12.8 Å². The number of rotatable bonds is 1. The van der Waals surface area contributed by atoms with Crippen LogP contribution in [0.2, 0.25) is 0 Å². The van der Waals surface area contributed by atoms with Crippen molar-refractivity contribution in [2.75, 3.05) is 0 Å². The first-order chi connectivity index (χ1) is 4.25. The van der Waals surface area contributed by atoms with Crippen molar-refractivity contribution in [3.63, 3.8) is 0 Å². The maximum atomic E-state index is 10.7. The molecule has 0 saturated heterocycles. The molecule has 0 saturated carbocycles. The third-order valence-corrected chi connectivity index (χ3v) is 1.55. The van der Waals surface area contributed by atoms with E-state index < -0.39 is 0 Å². The zero-order valence-corrected chi connectivity index (χ0v) is 5.57. The van der Waals surface area contributed by atoms with Gasteiger partial charge in [-0.15, -0.1) is 0 Å². The fraction of sp³-hybridized carbons (Fsp3) is 0.333. The molecule has 0 unspecified atom stereocenters. The summed E-state index contributed by atoms with van der Waals surface area (Å²) < 4.78 is 0. The highest BCUT2D eigenvalue weighted by molar-refractivity contribution is 7.79. The molecule has 48 valence electrons. The molecule has 0 aromatic carbocycles. The topological polar surface area (TPSA) is 37.3 Å². The second kappa shape index (κ2) is 2.27. The molecule has 0 aromatic heterocycles. The Labute approximate surface area is 58.2 Å². The van der Waals surface area contributed by atoms with Crippen LogP contribution < -0.4 is 0 Å². The molecule has 0 radical (unpaired) electrons. The number of Topliss-reactive ketones (excluding diaryl/α,β-unsaturated/α-hetero) is 1. The first kappa shape index (κ1) is 6.42. The van der Waals surface area contributed by atoms with Crippen LogP contribution in [0.4, 0.5) is 0 Å². The van der Waals surface area contributed by atoms with E-state index in [2.05, 4.69) is 12.2 Å². The number of carbonyl (C=O) groups is 1. The minimum atomic E-state index is -0.0394. The SMILES string of the molecule is O=C1CCC(O)=C1C=S. The number of allylic oxidation sites excluding steroid dienone is 2. The largest absolute Gasteiger partial charge is 0.512 e. The number of ketones is 1. The fourth-order valence-corrected chi connectivity index (χ4v) is 1.06. The van der Waals surface area contributed by atoms with E-state index in [0.717, 1.165) is 0 Å². The van der Waals surface area contributed by atoms with Crippen LogP contribution in [0.25, 0.3) is 0 Å². The van der Waals surface area contributed by atoms with Gasteiger partial charge in [-0.1, -0.05) is 12.2 Å². The Morgan fingerprint density at radius 2 is 2.22 bits per heavy atom. The summed E-state index contributed by atoms with van der Waals surface area (Å²) in [4.78, 5) is 10.7. The van der Waals surface area contributed by atoms with Crippen LogP contribution in [0.3, 0.4) is 0 Å². The van der Waals surface area contributed by atoms with E-state index in [4.69, 9.17) is 5.11 Å². The highest BCUT2D eigenvalue weighted by Crippen LogP contribution is 2.18. The molecule has 0 bridgehead atoms. The number of aliphatic hydroxyl groups excluding tert-OH is 1. The Bertz CT molecular complexity index is 193. The van der Waals surface area contributed by atoms with E-state index in [-0.39, 0.29) is 11.5 Å². The molecule has 2 nitrogen and oxygen atoms in total. The highest BCUT2D eigenvalue weighted by Gasteiger charge is 2.19. The van der Waals surface area contributed by atoms with E-state index in [1.165, 1.54) is 5.37 Å². The molecular weight excluding hydrogens is 136 g/mol. The van der Waals surface area contributed by atoms with Crippen LogP contribution in [0.1, 0.15) is 12.8 Å². The van der Waals surface area contributed by atoms with Gasteiger partial charge < -0.3 is 5.11 Å². The van der Waals surface area contributed by atoms with Crippen molar-refractivity contribution in [1.29, 1.82) is 0 Å². The van der Waals surface area contributed by atoms with Crippen molar-refractivity contribution in [3.8, 4) is 0 Å². The standard InChI is InChI=1S/C6H6O2S/c7-5-1-2-6(8)4(5)3-9/h3,7H,1-2H2. The maximum absolute atomic E-state index is 10.7. The lowest BCUT2D eigenvalue weighted by atomic mass is 10.2. The van der Waals surface area contributed by atoms with Crippen molar-refractivity contribution in [1.82, 2.24) is 0 Å². The predicted octanol–water partition coefficient (Wildman–Crippen LogP) is 1.16. The third-order valence-electron chi connectivity index (χ3n) is 1.32. The lowest BCUT2D eigenvalue weighted by Gasteiger charge is -1.86. The molecule has 1 rings (SSSR count). The molecule has 0 amide bonds. The molecule has 1 N–H and O–H groups in total. The van der Waals surface area contributed by atoms with Crippen LogP contribution in [0.5, 0.6) is 0 Å². The summed E-state index contributed by atoms with van der Waals surface area (Å²) in [5.41, 5.74) is 0.324. The van der Waals surface area contributed by atoms with E-state index in [0.29, 0.717) is 18.4 Å². The van der Waals surface area contributed by atoms with Crippen LogP contribution in [-0.2, 0) is 4.79 Å². The first-order valence-electron chi connectivity index (χ1n) is 2.66. The van der Waals surface area contributed by atoms with Gasteiger partial charge in [0.15, 0.2) is 5.78 Å². The zero-order chi connectivity index (χ0) is 6.85. The molecule has 0 aliphatic heterocycles. The minimum Gasteiger partial charge on any atom is -0.512 e. The number of hydrogen-bond acceptors (Lipinski definition) is 3. The van der Waals surface area contributed by atoms with Gasteiger partial charge in [-0.2, -0.15) is 0 Å². The Balaban J connectivity index is 2.94. The molecule has 0 spiro atoms. The van der Waals surface area contributed by atoms with E-state index in [1.807, 2.05) is 0 Å². The minimum absolute atomic E-state index is 0.0394. The maximum Gasteiger partial charge on any atom is 0.167 e. The van der Waals surface area contributed by atoms with E-state index in [9.17, 15) is 4.79 Å². The Morgan fingerprint density at radius 1 is 1.56 bits per heavy atom. The molecule has 0 aromatic rings. The number of carbonyl (C=O) groups excluding carboxylic acids is 1. The normalized spacial score (nSPS) is 18.9. The van der Waals surface area contributed by atoms with Gasteiger partial charge in [0.1, 0.15) is 5.76 Å². The van der Waals surface area contributed by atoms with Gasteiger partial charge in [0, 0.05) is 18.2 Å². The van der Waals surface area contributed by atoms with Crippen LogP contribution in [-0.4, -0.2) is 16.3 Å². The number of thiocarbonyl (C=S) groups is 1. The van der Waals surface area contributed by atoms with Crippen LogP contribution in [0, 0.1) is 0 Å². The second-order valence-corrected chi connectivity index (χ2v) is 2.14. The molecule has 1 aliphatic carbocycles. The number of aliphatic hydroxyl groups is 1. The van der Waals surface area contributed by atoms with Gasteiger partial charge in [0.2, 0.25) is 0 Å². The molecule has 0 fully saturated rings. The van der Waals surface area contributed by atoms with Gasteiger partial charge in [0.25, 0.3) is 0 Å². The summed E-state index contributed by atoms with van der Waals surface area (Å²) in [6.07, 6.45) is 0.871. The zero-order valence-electron chi connectivity index (χ0n) is 4.76. The fourth-order valence-electron chi connectivity index (χ4n) is 0.796. The summed E-state index contributed by atoms with van der Waals surface area (Å²) in [6, 6.07) is 0. The monoisotopic (exact) mass is 142 g/mol. The average molecular weight is 142 g/mol. The van der Waals surface area contributed by atoms with Crippen molar-refractivity contribution in [2.24, 2.45) is 0 Å². The van der Waals surface area contributed by atoms with E-state index in [1.54, 1.807) is 0 Å². The molecular formula is C6H6O2S. The smallest absolute Gasteiger partial charge is 0.167 e. The highest BCUT2D eigenvalue weighted by atomic mass is 32.1. The average Bonchev–Trinajstić information content (AvgIpc) is 2.12. The molecule has 3 heteroatoms. The molecule has 1 aliphatic rings. The first-order valence-corrected chi connectivity index (χ1v) is 3.13. The van der Waals surface area contributed by atoms with Crippen LogP contribution >= 0.6 is 12.2 Å². The van der Waals surface area contributed by atoms with Gasteiger partial charge in [-0.3, -0.25) is 4.79 Å². The molecule has 0 atom stereocenters. The van der Waals surface area contributed by atoms with Gasteiger partial charge in [-0.05, 0) is 0 Å². The van der Waals surface area contributed by atoms with Gasteiger partial charge in [-0.25, -0.2) is 0 Å². The van der Waals surface area contributed by atoms with Crippen molar-refractivity contribution < 1.29 is 9.90 Å². The Hall–Kier alpha value is -0.700. The van der Waals surface area contributed by atoms with E-state index >= 15 is 0 Å². The summed E-state index contributed by atoms with van der Waals surface area (Å²) >= 11 is 4.50. The predicted molar refractivity (Wildman–Crippen MR) is 37.6 cm³/mol. The summed E-state index contributed by atoms with van der Waals surface area (Å²) in [5, 5.41) is 10.2. The second-order valence-electron chi connectivity index (χ2n) is 1.90. The third kappa shape index (κ3) is 1.00. The molecule has 0 heterocycles. The molecule has 9 heavy (non-hydrogen) atoms. The number of hydrogen-bond donors (Lipinski definition) is 1. The van der Waals surface area contributed by atoms with Gasteiger partial charge in [0.05, 0.1) is 5.57 Å². The summed E-state index contributed by atoms with van der Waals surface area (Å²) in [5.74, 6) is 0.109. The van der Waals surface area contributed by atoms with Crippen molar-refractivity contribution in [3.05, 3.63) is 11.3 Å². The Morgan fingerprint density at radius 3 is 2.44 bits per heavy atom. The summed E-state index contributed by atoms with van der Waals surface area (Å²) in [7, 11) is 0. The Kier molecular flexibility index (Phi) is 1.62. The lowest BCUT2D eigenvalue weighted by Crippen LogP contribution is -1.95. The quantitative estimate of drug-likeness (QED) is 0.558.